The van der Waals surface area contributed by atoms with Crippen molar-refractivity contribution in [1.29, 1.82) is 0 Å². The van der Waals surface area contributed by atoms with Crippen LogP contribution in [0.25, 0.3) is 0 Å². The van der Waals surface area contributed by atoms with E-state index in [9.17, 15) is 0 Å². The van der Waals surface area contributed by atoms with Crippen molar-refractivity contribution in [3.63, 3.8) is 0 Å². The molecule has 2 aromatic heterocycles. The molecule has 0 amide bonds. The minimum atomic E-state index is 0.404. The molecule has 0 aliphatic carbocycles. The Hall–Kier alpha value is -1.95. The molecule has 0 radical (unpaired) electrons. The number of aromatic nitrogens is 4. The van der Waals surface area contributed by atoms with E-state index in [1.807, 2.05) is 16.8 Å². The first kappa shape index (κ1) is 15.4. The summed E-state index contributed by atoms with van der Waals surface area (Å²) in [6, 6.07) is 3.90. The standard InChI is InChI=1S/C15H23N5O/c1-4-16-7-13-5-6-14(8-17-13)21-10-15-18-11-19-20(15)9-12(2)3/h5-6,8,11-12,16H,4,7,9-10H2,1-3H3. The summed E-state index contributed by atoms with van der Waals surface area (Å²) in [7, 11) is 0. The summed E-state index contributed by atoms with van der Waals surface area (Å²) in [5, 5.41) is 7.46. The third-order valence-corrected chi connectivity index (χ3v) is 2.96. The van der Waals surface area contributed by atoms with E-state index in [1.165, 1.54) is 0 Å². The van der Waals surface area contributed by atoms with Crippen molar-refractivity contribution in [3.05, 3.63) is 36.2 Å². The summed E-state index contributed by atoms with van der Waals surface area (Å²) >= 11 is 0. The van der Waals surface area contributed by atoms with Crippen molar-refractivity contribution in [1.82, 2.24) is 25.1 Å². The number of hydrogen-bond acceptors (Lipinski definition) is 5. The lowest BCUT2D eigenvalue weighted by Gasteiger charge is -2.10. The van der Waals surface area contributed by atoms with Crippen molar-refractivity contribution in [2.24, 2.45) is 5.92 Å². The van der Waals surface area contributed by atoms with Crippen LogP contribution in [-0.4, -0.2) is 26.3 Å². The van der Waals surface area contributed by atoms with Gasteiger partial charge in [-0.05, 0) is 24.6 Å². The van der Waals surface area contributed by atoms with Crippen LogP contribution in [0.4, 0.5) is 0 Å². The maximum atomic E-state index is 5.73. The summed E-state index contributed by atoms with van der Waals surface area (Å²) in [6.45, 7) is 9.34. The maximum absolute atomic E-state index is 5.73. The van der Waals surface area contributed by atoms with Gasteiger partial charge in [-0.2, -0.15) is 5.10 Å². The molecule has 0 fully saturated rings. The van der Waals surface area contributed by atoms with Crippen molar-refractivity contribution in [2.45, 2.75) is 40.5 Å². The molecule has 0 saturated heterocycles. The average Bonchev–Trinajstić information content (AvgIpc) is 2.90. The van der Waals surface area contributed by atoms with Gasteiger partial charge in [-0.15, -0.1) is 0 Å². The monoisotopic (exact) mass is 289 g/mol. The highest BCUT2D eigenvalue weighted by Gasteiger charge is 2.07. The molecular formula is C15H23N5O. The van der Waals surface area contributed by atoms with Crippen molar-refractivity contribution in [3.8, 4) is 5.75 Å². The molecule has 0 unspecified atom stereocenters. The van der Waals surface area contributed by atoms with Gasteiger partial charge in [-0.3, -0.25) is 4.98 Å². The molecule has 114 valence electrons. The van der Waals surface area contributed by atoms with E-state index in [4.69, 9.17) is 4.74 Å². The van der Waals surface area contributed by atoms with E-state index < -0.39 is 0 Å². The van der Waals surface area contributed by atoms with E-state index in [0.717, 1.165) is 36.9 Å². The third-order valence-electron chi connectivity index (χ3n) is 2.96. The van der Waals surface area contributed by atoms with E-state index in [-0.39, 0.29) is 0 Å². The van der Waals surface area contributed by atoms with Gasteiger partial charge >= 0.3 is 0 Å². The predicted octanol–water partition coefficient (Wildman–Crippen LogP) is 2.02. The molecule has 21 heavy (non-hydrogen) atoms. The second kappa shape index (κ2) is 7.73. The molecule has 0 spiro atoms. The van der Waals surface area contributed by atoms with Crippen LogP contribution in [0.3, 0.4) is 0 Å². The van der Waals surface area contributed by atoms with Crippen molar-refractivity contribution in [2.75, 3.05) is 6.54 Å². The zero-order chi connectivity index (χ0) is 15.1. The van der Waals surface area contributed by atoms with Gasteiger partial charge < -0.3 is 10.1 Å². The van der Waals surface area contributed by atoms with Crippen LogP contribution in [0.15, 0.2) is 24.7 Å². The lowest BCUT2D eigenvalue weighted by atomic mass is 10.2. The maximum Gasteiger partial charge on any atom is 0.164 e. The lowest BCUT2D eigenvalue weighted by Crippen LogP contribution is -2.13. The van der Waals surface area contributed by atoms with Crippen molar-refractivity contribution < 1.29 is 4.74 Å². The highest BCUT2D eigenvalue weighted by Crippen LogP contribution is 2.11. The zero-order valence-corrected chi connectivity index (χ0v) is 12.9. The second-order valence-electron chi connectivity index (χ2n) is 5.31. The molecule has 0 aromatic carbocycles. The normalized spacial score (nSPS) is 11.0. The third kappa shape index (κ3) is 4.82. The topological polar surface area (TPSA) is 64.9 Å². The van der Waals surface area contributed by atoms with Gasteiger partial charge in [0.15, 0.2) is 5.82 Å². The zero-order valence-electron chi connectivity index (χ0n) is 12.9. The highest BCUT2D eigenvalue weighted by molar-refractivity contribution is 5.19. The molecule has 0 aliphatic heterocycles. The Labute approximate surface area is 125 Å². The van der Waals surface area contributed by atoms with E-state index in [2.05, 4.69) is 41.2 Å². The molecule has 6 nitrogen and oxygen atoms in total. The Bertz CT molecular complexity index is 535. The van der Waals surface area contributed by atoms with E-state index >= 15 is 0 Å². The summed E-state index contributed by atoms with van der Waals surface area (Å²) in [5.74, 6) is 2.10. The van der Waals surface area contributed by atoms with Gasteiger partial charge in [-0.25, -0.2) is 9.67 Å². The Morgan fingerprint density at radius 2 is 2.14 bits per heavy atom. The van der Waals surface area contributed by atoms with E-state index in [1.54, 1.807) is 12.5 Å². The molecule has 0 atom stereocenters. The SMILES string of the molecule is CCNCc1ccc(OCc2ncnn2CC(C)C)cn1. The first-order valence-electron chi connectivity index (χ1n) is 7.34. The van der Waals surface area contributed by atoms with Crippen LogP contribution in [0.2, 0.25) is 0 Å². The number of hydrogen-bond donors (Lipinski definition) is 1. The number of rotatable bonds is 8. The van der Waals surface area contributed by atoms with E-state index in [0.29, 0.717) is 12.5 Å². The summed E-state index contributed by atoms with van der Waals surface area (Å²) < 4.78 is 7.61. The fraction of sp³-hybridized carbons (Fsp3) is 0.533. The van der Waals surface area contributed by atoms with Crippen LogP contribution in [-0.2, 0) is 19.7 Å². The highest BCUT2D eigenvalue weighted by atomic mass is 16.5. The molecule has 2 heterocycles. The van der Waals surface area contributed by atoms with Crippen LogP contribution in [0.1, 0.15) is 32.3 Å². The summed E-state index contributed by atoms with van der Waals surface area (Å²) in [5.41, 5.74) is 1.01. The molecular weight excluding hydrogens is 266 g/mol. The van der Waals surface area contributed by atoms with Crippen LogP contribution in [0.5, 0.6) is 5.75 Å². The number of nitrogens with zero attached hydrogens (tertiary/aromatic N) is 4. The summed E-state index contributed by atoms with van der Waals surface area (Å²) in [6.07, 6.45) is 3.31. The van der Waals surface area contributed by atoms with Crippen LogP contribution < -0.4 is 10.1 Å². The molecule has 0 aliphatic rings. The van der Waals surface area contributed by atoms with Gasteiger partial charge in [0.2, 0.25) is 0 Å². The molecule has 2 rings (SSSR count). The first-order chi connectivity index (χ1) is 10.2. The molecule has 0 bridgehead atoms. The number of nitrogens with one attached hydrogen (secondary N) is 1. The fourth-order valence-corrected chi connectivity index (χ4v) is 1.90. The van der Waals surface area contributed by atoms with Gasteiger partial charge in [0.1, 0.15) is 18.7 Å². The number of pyridine rings is 1. The van der Waals surface area contributed by atoms with Crippen LogP contribution in [0, 0.1) is 5.92 Å². The Morgan fingerprint density at radius 3 is 2.81 bits per heavy atom. The van der Waals surface area contributed by atoms with Gasteiger partial charge in [0.25, 0.3) is 0 Å². The lowest BCUT2D eigenvalue weighted by molar-refractivity contribution is 0.281. The van der Waals surface area contributed by atoms with Gasteiger partial charge in [-0.1, -0.05) is 20.8 Å². The minimum Gasteiger partial charge on any atom is -0.484 e. The molecule has 1 N–H and O–H groups in total. The summed E-state index contributed by atoms with van der Waals surface area (Å²) in [4.78, 5) is 8.60. The van der Waals surface area contributed by atoms with Gasteiger partial charge in [0, 0.05) is 13.1 Å². The molecule has 0 saturated carbocycles. The fourth-order valence-electron chi connectivity index (χ4n) is 1.90. The largest absolute Gasteiger partial charge is 0.484 e. The van der Waals surface area contributed by atoms with Crippen molar-refractivity contribution >= 4 is 0 Å². The molecule has 6 heteroatoms. The first-order valence-corrected chi connectivity index (χ1v) is 7.34. The van der Waals surface area contributed by atoms with Gasteiger partial charge in [0.05, 0.1) is 11.9 Å². The molecule has 2 aromatic rings. The minimum absolute atomic E-state index is 0.404. The second-order valence-corrected chi connectivity index (χ2v) is 5.31. The smallest absolute Gasteiger partial charge is 0.164 e. The average molecular weight is 289 g/mol. The Morgan fingerprint density at radius 1 is 1.29 bits per heavy atom. The Kier molecular flexibility index (Phi) is 5.68. The Balaban J connectivity index is 1.89. The van der Waals surface area contributed by atoms with Crippen LogP contribution >= 0.6 is 0 Å². The quantitative estimate of drug-likeness (QED) is 0.805. The number of ether oxygens (including phenoxy) is 1. The predicted molar refractivity (Wildman–Crippen MR) is 80.8 cm³/mol.